The lowest BCUT2D eigenvalue weighted by Crippen LogP contribution is -2.68. The van der Waals surface area contributed by atoms with Gasteiger partial charge in [0.15, 0.2) is 0 Å². The van der Waals surface area contributed by atoms with Crippen LogP contribution in [0.4, 0.5) is 5.69 Å². The van der Waals surface area contributed by atoms with Gasteiger partial charge in [-0.05, 0) is 70.2 Å². The predicted octanol–water partition coefficient (Wildman–Crippen LogP) is 3.63. The molecule has 1 unspecified atom stereocenters. The maximum Gasteiger partial charge on any atom is 0.0798 e. The SMILES string of the molecule is Cc1cc(C)c(C)c(N2C(C)N3CCC2(C)CC3)c1. The Bertz CT molecular complexity index is 498. The molecule has 1 aromatic rings. The van der Waals surface area contributed by atoms with E-state index >= 15 is 0 Å². The van der Waals surface area contributed by atoms with Crippen molar-refractivity contribution in [2.45, 2.75) is 59.2 Å². The Labute approximate surface area is 117 Å². The molecule has 2 bridgehead atoms. The van der Waals surface area contributed by atoms with Gasteiger partial charge in [0.05, 0.1) is 6.17 Å². The van der Waals surface area contributed by atoms with Crippen molar-refractivity contribution < 1.29 is 0 Å². The third kappa shape index (κ3) is 1.88. The Balaban J connectivity index is 2.11. The number of anilines is 1. The zero-order chi connectivity index (χ0) is 13.8. The van der Waals surface area contributed by atoms with Crippen LogP contribution in [0.25, 0.3) is 0 Å². The van der Waals surface area contributed by atoms with Crippen LogP contribution >= 0.6 is 0 Å². The Morgan fingerprint density at radius 1 is 1.11 bits per heavy atom. The van der Waals surface area contributed by atoms with Gasteiger partial charge in [-0.2, -0.15) is 0 Å². The quantitative estimate of drug-likeness (QED) is 0.759. The summed E-state index contributed by atoms with van der Waals surface area (Å²) in [6, 6.07) is 4.68. The fraction of sp³-hybridized carbons (Fsp3) is 0.647. The van der Waals surface area contributed by atoms with Crippen LogP contribution in [0.1, 0.15) is 43.4 Å². The molecule has 1 aromatic carbocycles. The minimum Gasteiger partial charge on any atom is -0.350 e. The molecule has 3 fully saturated rings. The first kappa shape index (κ1) is 13.0. The predicted molar refractivity (Wildman–Crippen MR) is 81.8 cm³/mol. The molecule has 1 atom stereocenters. The lowest BCUT2D eigenvalue weighted by Gasteiger charge is -2.60. The van der Waals surface area contributed by atoms with Crippen molar-refractivity contribution in [3.05, 3.63) is 28.8 Å². The molecule has 0 amide bonds. The smallest absolute Gasteiger partial charge is 0.0798 e. The standard InChI is InChI=1S/C17H26N2/c1-12-10-13(2)14(3)16(11-12)19-15(4)18-8-6-17(19,5)7-9-18/h10-11,15H,6-9H2,1-5H3. The molecule has 2 nitrogen and oxygen atoms in total. The molecular formula is C17H26N2. The Morgan fingerprint density at radius 2 is 1.74 bits per heavy atom. The van der Waals surface area contributed by atoms with E-state index in [-0.39, 0.29) is 0 Å². The molecule has 3 aliphatic rings. The highest BCUT2D eigenvalue weighted by atomic mass is 15.4. The van der Waals surface area contributed by atoms with E-state index in [4.69, 9.17) is 0 Å². The van der Waals surface area contributed by atoms with Crippen molar-refractivity contribution >= 4 is 5.69 Å². The number of hydrogen-bond acceptors (Lipinski definition) is 2. The Kier molecular flexibility index (Phi) is 2.90. The van der Waals surface area contributed by atoms with Gasteiger partial charge in [-0.3, -0.25) is 4.90 Å². The normalized spacial score (nSPS) is 33.8. The second kappa shape index (κ2) is 4.24. The average molecular weight is 258 g/mol. The molecule has 104 valence electrons. The van der Waals surface area contributed by atoms with E-state index in [2.05, 4.69) is 56.6 Å². The van der Waals surface area contributed by atoms with Gasteiger partial charge in [0.25, 0.3) is 0 Å². The molecule has 0 aromatic heterocycles. The fourth-order valence-electron chi connectivity index (χ4n) is 3.99. The molecular weight excluding hydrogens is 232 g/mol. The third-order valence-electron chi connectivity index (χ3n) is 5.40. The summed E-state index contributed by atoms with van der Waals surface area (Å²) in [6.07, 6.45) is 3.13. The number of hydrogen-bond donors (Lipinski definition) is 0. The first-order chi connectivity index (χ1) is 8.92. The molecule has 4 rings (SSSR count). The number of fused-ring (bicyclic) bond motifs is 3. The van der Waals surface area contributed by atoms with Crippen molar-refractivity contribution in [3.8, 4) is 0 Å². The van der Waals surface area contributed by atoms with E-state index < -0.39 is 0 Å². The minimum absolute atomic E-state index is 0.346. The molecule has 3 heterocycles. The summed E-state index contributed by atoms with van der Waals surface area (Å²) in [7, 11) is 0. The minimum atomic E-state index is 0.346. The van der Waals surface area contributed by atoms with E-state index in [0.717, 1.165) is 0 Å². The number of rotatable bonds is 1. The third-order valence-corrected chi connectivity index (χ3v) is 5.40. The van der Waals surface area contributed by atoms with Gasteiger partial charge in [-0.15, -0.1) is 0 Å². The number of nitrogens with zero attached hydrogens (tertiary/aromatic N) is 2. The average Bonchev–Trinajstić information content (AvgIpc) is 2.35. The molecule has 2 heteroatoms. The first-order valence-corrected chi connectivity index (χ1v) is 7.54. The van der Waals surface area contributed by atoms with E-state index in [1.54, 1.807) is 0 Å². The molecule has 0 saturated carbocycles. The summed E-state index contributed by atoms with van der Waals surface area (Å²) in [5.41, 5.74) is 6.05. The summed E-state index contributed by atoms with van der Waals surface area (Å²) in [6.45, 7) is 14.1. The summed E-state index contributed by atoms with van der Waals surface area (Å²) in [5.74, 6) is 0. The lowest BCUT2D eigenvalue weighted by atomic mass is 9.82. The van der Waals surface area contributed by atoms with E-state index in [0.29, 0.717) is 11.7 Å². The molecule has 3 aliphatic heterocycles. The van der Waals surface area contributed by atoms with E-state index in [1.165, 1.54) is 48.3 Å². The van der Waals surface area contributed by atoms with Gasteiger partial charge in [0.1, 0.15) is 0 Å². The molecule has 0 radical (unpaired) electrons. The summed E-state index contributed by atoms with van der Waals surface area (Å²) in [5, 5.41) is 0. The van der Waals surface area contributed by atoms with Crippen LogP contribution in [0.15, 0.2) is 12.1 Å². The van der Waals surface area contributed by atoms with Gasteiger partial charge in [-0.1, -0.05) is 6.07 Å². The van der Waals surface area contributed by atoms with Crippen LogP contribution in [-0.2, 0) is 0 Å². The summed E-state index contributed by atoms with van der Waals surface area (Å²) >= 11 is 0. The molecule has 3 saturated heterocycles. The van der Waals surface area contributed by atoms with Crippen LogP contribution in [0.3, 0.4) is 0 Å². The molecule has 0 aliphatic carbocycles. The van der Waals surface area contributed by atoms with Gasteiger partial charge < -0.3 is 4.90 Å². The molecule has 0 N–H and O–H groups in total. The number of piperidine rings is 1. The largest absolute Gasteiger partial charge is 0.350 e. The van der Waals surface area contributed by atoms with Gasteiger partial charge in [-0.25, -0.2) is 0 Å². The van der Waals surface area contributed by atoms with Crippen LogP contribution in [0.2, 0.25) is 0 Å². The lowest BCUT2D eigenvalue weighted by molar-refractivity contribution is 0.0485. The van der Waals surface area contributed by atoms with E-state index in [9.17, 15) is 0 Å². The maximum absolute atomic E-state index is 2.69. The van der Waals surface area contributed by atoms with Crippen LogP contribution < -0.4 is 4.90 Å². The highest BCUT2D eigenvalue weighted by molar-refractivity contribution is 5.61. The highest BCUT2D eigenvalue weighted by Gasteiger charge is 2.46. The van der Waals surface area contributed by atoms with Gasteiger partial charge >= 0.3 is 0 Å². The van der Waals surface area contributed by atoms with Crippen LogP contribution in [0.5, 0.6) is 0 Å². The molecule has 19 heavy (non-hydrogen) atoms. The van der Waals surface area contributed by atoms with Crippen molar-refractivity contribution in [1.82, 2.24) is 4.90 Å². The Hall–Kier alpha value is -1.02. The maximum atomic E-state index is 2.69. The van der Waals surface area contributed by atoms with Crippen LogP contribution in [0, 0.1) is 20.8 Å². The van der Waals surface area contributed by atoms with E-state index in [1.807, 2.05) is 0 Å². The zero-order valence-electron chi connectivity index (χ0n) is 13.0. The van der Waals surface area contributed by atoms with Gasteiger partial charge in [0.2, 0.25) is 0 Å². The number of benzene rings is 1. The Morgan fingerprint density at radius 3 is 2.32 bits per heavy atom. The first-order valence-electron chi connectivity index (χ1n) is 7.54. The van der Waals surface area contributed by atoms with Crippen molar-refractivity contribution in [3.63, 3.8) is 0 Å². The van der Waals surface area contributed by atoms with Crippen molar-refractivity contribution in [1.29, 1.82) is 0 Å². The topological polar surface area (TPSA) is 6.48 Å². The zero-order valence-corrected chi connectivity index (χ0v) is 13.0. The van der Waals surface area contributed by atoms with Crippen molar-refractivity contribution in [2.24, 2.45) is 0 Å². The van der Waals surface area contributed by atoms with Crippen LogP contribution in [-0.4, -0.2) is 29.7 Å². The highest BCUT2D eigenvalue weighted by Crippen LogP contribution is 2.42. The summed E-state index contributed by atoms with van der Waals surface area (Å²) < 4.78 is 0. The summed E-state index contributed by atoms with van der Waals surface area (Å²) in [4.78, 5) is 5.32. The second-order valence-corrected chi connectivity index (χ2v) is 6.76. The fourth-order valence-corrected chi connectivity index (χ4v) is 3.99. The van der Waals surface area contributed by atoms with Crippen molar-refractivity contribution in [2.75, 3.05) is 18.0 Å². The monoisotopic (exact) mass is 258 g/mol. The number of aryl methyl sites for hydroxylation is 2. The second-order valence-electron chi connectivity index (χ2n) is 6.76. The van der Waals surface area contributed by atoms with Gasteiger partial charge in [0, 0.05) is 24.3 Å². The molecule has 0 spiro atoms.